The molecule has 0 spiro atoms. The predicted octanol–water partition coefficient (Wildman–Crippen LogP) is 2.34. The molecular formula is C10H18O2. The Balaban J connectivity index is 3.79. The smallest absolute Gasteiger partial charge is 0.164 e. The number of hydrogen-bond acceptors (Lipinski definition) is 2. The summed E-state index contributed by atoms with van der Waals surface area (Å²) in [6.07, 6.45) is 4.17. The van der Waals surface area contributed by atoms with Crippen molar-refractivity contribution in [2.24, 2.45) is 0 Å². The molecule has 0 heterocycles. The highest BCUT2D eigenvalue weighted by Crippen LogP contribution is 2.13. The summed E-state index contributed by atoms with van der Waals surface area (Å²) in [5.74, 6) is 0.159. The molecule has 0 aliphatic rings. The van der Waals surface area contributed by atoms with Gasteiger partial charge >= 0.3 is 0 Å². The Bertz CT molecular complexity index is 159. The van der Waals surface area contributed by atoms with E-state index in [9.17, 15) is 4.79 Å². The number of ether oxygens (including phenoxy) is 1. The first-order valence-corrected chi connectivity index (χ1v) is 4.24. The lowest BCUT2D eigenvalue weighted by atomic mass is 9.99. The van der Waals surface area contributed by atoms with Crippen LogP contribution in [0.4, 0.5) is 0 Å². The molecule has 0 atom stereocenters. The van der Waals surface area contributed by atoms with Crippen LogP contribution in [0.15, 0.2) is 12.7 Å². The van der Waals surface area contributed by atoms with E-state index >= 15 is 0 Å². The van der Waals surface area contributed by atoms with Gasteiger partial charge in [0.25, 0.3) is 0 Å². The van der Waals surface area contributed by atoms with Crippen molar-refractivity contribution in [2.75, 3.05) is 7.11 Å². The highest BCUT2D eigenvalue weighted by Gasteiger charge is 2.25. The summed E-state index contributed by atoms with van der Waals surface area (Å²) in [5.41, 5.74) is -0.624. The van der Waals surface area contributed by atoms with Crippen molar-refractivity contribution in [1.82, 2.24) is 0 Å². The topological polar surface area (TPSA) is 26.3 Å². The lowest BCUT2D eigenvalue weighted by Crippen LogP contribution is -2.33. The number of methoxy groups -OCH3 is 1. The van der Waals surface area contributed by atoms with Crippen molar-refractivity contribution >= 4 is 5.78 Å². The van der Waals surface area contributed by atoms with Crippen molar-refractivity contribution in [3.8, 4) is 0 Å². The molecule has 0 fully saturated rings. The van der Waals surface area contributed by atoms with Crippen LogP contribution in [0.5, 0.6) is 0 Å². The van der Waals surface area contributed by atoms with E-state index in [-0.39, 0.29) is 5.78 Å². The summed E-state index contributed by atoms with van der Waals surface area (Å²) in [5, 5.41) is 0. The first-order valence-electron chi connectivity index (χ1n) is 4.24. The van der Waals surface area contributed by atoms with Crippen LogP contribution in [-0.2, 0) is 9.53 Å². The van der Waals surface area contributed by atoms with Gasteiger partial charge in [0.15, 0.2) is 5.78 Å². The SMILES string of the molecule is C=CCCCC(=O)C(C)(C)OC. The standard InChI is InChI=1S/C10H18O2/c1-5-6-7-8-9(11)10(2,3)12-4/h5H,1,6-8H2,2-4H3. The van der Waals surface area contributed by atoms with Gasteiger partial charge in [-0.05, 0) is 26.7 Å². The Morgan fingerprint density at radius 2 is 2.17 bits per heavy atom. The number of Topliss-reactive ketones (excluding diaryl/α,β-unsaturated/α-hetero) is 1. The number of hydrogen-bond donors (Lipinski definition) is 0. The fourth-order valence-electron chi connectivity index (χ4n) is 0.822. The molecule has 0 aromatic rings. The predicted molar refractivity (Wildman–Crippen MR) is 50.1 cm³/mol. The molecule has 0 saturated carbocycles. The minimum absolute atomic E-state index is 0.159. The highest BCUT2D eigenvalue weighted by atomic mass is 16.5. The van der Waals surface area contributed by atoms with Crippen molar-refractivity contribution in [2.45, 2.75) is 38.7 Å². The minimum Gasteiger partial charge on any atom is -0.371 e. The summed E-state index contributed by atoms with van der Waals surface area (Å²) in [7, 11) is 1.56. The van der Waals surface area contributed by atoms with Gasteiger partial charge in [-0.15, -0.1) is 6.58 Å². The van der Waals surface area contributed by atoms with Gasteiger partial charge in [-0.1, -0.05) is 6.08 Å². The minimum atomic E-state index is -0.624. The average Bonchev–Trinajstić information content (AvgIpc) is 2.05. The zero-order valence-corrected chi connectivity index (χ0v) is 8.22. The maximum absolute atomic E-state index is 11.4. The average molecular weight is 170 g/mol. The van der Waals surface area contributed by atoms with E-state index in [0.29, 0.717) is 6.42 Å². The fourth-order valence-corrected chi connectivity index (χ4v) is 0.822. The molecule has 0 rings (SSSR count). The number of rotatable bonds is 6. The normalized spacial score (nSPS) is 11.2. The molecule has 0 radical (unpaired) electrons. The van der Waals surface area contributed by atoms with Gasteiger partial charge in [-0.2, -0.15) is 0 Å². The Labute approximate surface area is 74.6 Å². The molecule has 0 amide bonds. The van der Waals surface area contributed by atoms with Gasteiger partial charge in [0, 0.05) is 13.5 Å². The van der Waals surface area contributed by atoms with Gasteiger partial charge in [-0.3, -0.25) is 4.79 Å². The van der Waals surface area contributed by atoms with Crippen LogP contribution in [0.25, 0.3) is 0 Å². The summed E-state index contributed by atoms with van der Waals surface area (Å²) >= 11 is 0. The van der Waals surface area contributed by atoms with E-state index in [4.69, 9.17) is 4.74 Å². The Morgan fingerprint density at radius 1 is 1.58 bits per heavy atom. The van der Waals surface area contributed by atoms with Gasteiger partial charge in [-0.25, -0.2) is 0 Å². The largest absolute Gasteiger partial charge is 0.371 e. The lowest BCUT2D eigenvalue weighted by Gasteiger charge is -2.20. The van der Waals surface area contributed by atoms with E-state index in [1.165, 1.54) is 0 Å². The maximum atomic E-state index is 11.4. The van der Waals surface area contributed by atoms with E-state index in [1.54, 1.807) is 21.0 Å². The quantitative estimate of drug-likeness (QED) is 0.452. The van der Waals surface area contributed by atoms with Crippen molar-refractivity contribution in [1.29, 1.82) is 0 Å². The maximum Gasteiger partial charge on any atom is 0.164 e. The van der Waals surface area contributed by atoms with Gasteiger partial charge in [0.05, 0.1) is 0 Å². The third kappa shape index (κ3) is 3.67. The van der Waals surface area contributed by atoms with E-state index in [0.717, 1.165) is 12.8 Å². The molecule has 2 nitrogen and oxygen atoms in total. The monoisotopic (exact) mass is 170 g/mol. The zero-order valence-electron chi connectivity index (χ0n) is 8.22. The van der Waals surface area contributed by atoms with Crippen molar-refractivity contribution < 1.29 is 9.53 Å². The van der Waals surface area contributed by atoms with E-state index < -0.39 is 5.60 Å². The molecular weight excluding hydrogens is 152 g/mol. The molecule has 0 aromatic carbocycles. The molecule has 12 heavy (non-hydrogen) atoms. The van der Waals surface area contributed by atoms with Crippen LogP contribution in [0.1, 0.15) is 33.1 Å². The molecule has 0 unspecified atom stereocenters. The Kier molecular flexibility index (Phi) is 4.83. The molecule has 2 heteroatoms. The molecule has 70 valence electrons. The van der Waals surface area contributed by atoms with Crippen LogP contribution in [-0.4, -0.2) is 18.5 Å². The fraction of sp³-hybridized carbons (Fsp3) is 0.700. The molecule has 0 aromatic heterocycles. The molecule has 0 saturated heterocycles. The molecule has 0 bridgehead atoms. The zero-order chi connectivity index (χ0) is 9.61. The lowest BCUT2D eigenvalue weighted by molar-refractivity contribution is -0.137. The molecule has 0 aliphatic heterocycles. The Morgan fingerprint density at radius 3 is 2.58 bits per heavy atom. The molecule has 0 aliphatic carbocycles. The summed E-state index contributed by atoms with van der Waals surface area (Å²) in [6, 6.07) is 0. The van der Waals surface area contributed by atoms with E-state index in [2.05, 4.69) is 6.58 Å². The summed E-state index contributed by atoms with van der Waals surface area (Å²) in [6.45, 7) is 7.19. The second-order valence-corrected chi connectivity index (χ2v) is 3.32. The van der Waals surface area contributed by atoms with Crippen LogP contribution < -0.4 is 0 Å². The summed E-state index contributed by atoms with van der Waals surface area (Å²) in [4.78, 5) is 11.4. The number of unbranched alkanes of at least 4 members (excludes halogenated alkanes) is 1. The van der Waals surface area contributed by atoms with Gasteiger partial charge in [0.2, 0.25) is 0 Å². The third-order valence-electron chi connectivity index (χ3n) is 1.99. The number of carbonyl (C=O) groups is 1. The Hall–Kier alpha value is -0.630. The molecule has 0 N–H and O–H groups in total. The van der Waals surface area contributed by atoms with Crippen LogP contribution in [0.3, 0.4) is 0 Å². The first-order chi connectivity index (χ1) is 5.54. The second-order valence-electron chi connectivity index (χ2n) is 3.32. The van der Waals surface area contributed by atoms with E-state index in [1.807, 2.05) is 6.08 Å². The number of ketones is 1. The number of allylic oxidation sites excluding steroid dienone is 1. The van der Waals surface area contributed by atoms with Crippen LogP contribution >= 0.6 is 0 Å². The van der Waals surface area contributed by atoms with Crippen molar-refractivity contribution in [3.63, 3.8) is 0 Å². The van der Waals surface area contributed by atoms with Crippen LogP contribution in [0, 0.1) is 0 Å². The van der Waals surface area contributed by atoms with Gasteiger partial charge < -0.3 is 4.74 Å². The number of carbonyl (C=O) groups excluding carboxylic acids is 1. The first kappa shape index (κ1) is 11.4. The summed E-state index contributed by atoms with van der Waals surface area (Å²) < 4.78 is 5.05. The second kappa shape index (κ2) is 5.09. The van der Waals surface area contributed by atoms with Crippen LogP contribution in [0.2, 0.25) is 0 Å². The van der Waals surface area contributed by atoms with Gasteiger partial charge in [0.1, 0.15) is 5.60 Å². The van der Waals surface area contributed by atoms with Crippen molar-refractivity contribution in [3.05, 3.63) is 12.7 Å². The highest BCUT2D eigenvalue weighted by molar-refractivity contribution is 5.86. The third-order valence-corrected chi connectivity index (χ3v) is 1.99.